The summed E-state index contributed by atoms with van der Waals surface area (Å²) in [6, 6.07) is 7.45. The van der Waals surface area contributed by atoms with Crippen molar-refractivity contribution in [1.82, 2.24) is 15.0 Å². The zero-order valence-electron chi connectivity index (χ0n) is 9.78. The summed E-state index contributed by atoms with van der Waals surface area (Å²) in [5.41, 5.74) is 1.04. The van der Waals surface area contributed by atoms with E-state index < -0.39 is 11.4 Å². The summed E-state index contributed by atoms with van der Waals surface area (Å²) in [5.74, 6) is -0.723. The van der Waals surface area contributed by atoms with Crippen molar-refractivity contribution in [2.75, 3.05) is 0 Å². The van der Waals surface area contributed by atoms with E-state index in [-0.39, 0.29) is 0 Å². The second-order valence-corrected chi connectivity index (χ2v) is 4.61. The van der Waals surface area contributed by atoms with Crippen molar-refractivity contribution in [3.8, 4) is 5.69 Å². The van der Waals surface area contributed by atoms with Crippen molar-refractivity contribution in [1.29, 1.82) is 0 Å². The Hall–Kier alpha value is -2.17. The molecule has 92 valence electrons. The number of nitrogens with zero attached hydrogens (tertiary/aromatic N) is 3. The average molecular weight is 243 g/mol. The second kappa shape index (κ2) is 3.94. The van der Waals surface area contributed by atoms with E-state index in [1.807, 2.05) is 24.3 Å². The van der Waals surface area contributed by atoms with Crippen LogP contribution >= 0.6 is 0 Å². The molecule has 1 aromatic heterocycles. The lowest BCUT2D eigenvalue weighted by Gasteiger charge is -2.38. The van der Waals surface area contributed by atoms with Crippen LogP contribution < -0.4 is 0 Å². The predicted octanol–water partition coefficient (Wildman–Crippen LogP) is 1.77. The molecule has 0 radical (unpaired) electrons. The first-order valence-electron chi connectivity index (χ1n) is 5.93. The van der Waals surface area contributed by atoms with Gasteiger partial charge in [-0.1, -0.05) is 18.6 Å². The molecule has 1 N–H and O–H groups in total. The summed E-state index contributed by atoms with van der Waals surface area (Å²) in [5, 5.41) is 17.4. The van der Waals surface area contributed by atoms with Gasteiger partial charge in [-0.05, 0) is 30.5 Å². The number of benzene rings is 1. The molecule has 5 heteroatoms. The van der Waals surface area contributed by atoms with Crippen molar-refractivity contribution in [2.45, 2.75) is 24.7 Å². The second-order valence-electron chi connectivity index (χ2n) is 4.61. The molecule has 1 aliphatic rings. The molecule has 1 saturated carbocycles. The maximum absolute atomic E-state index is 11.4. The zero-order valence-corrected chi connectivity index (χ0v) is 9.78. The Kier molecular flexibility index (Phi) is 2.40. The standard InChI is InChI=1S/C13H13N3O2/c17-12(18)13(6-1-7-13)10-2-4-11(5-3-10)16-14-8-9-15-16/h2-5,8-9H,1,6-7H2,(H,17,18). The molecule has 0 bridgehead atoms. The van der Waals surface area contributed by atoms with Crippen molar-refractivity contribution in [2.24, 2.45) is 0 Å². The van der Waals surface area contributed by atoms with E-state index in [1.165, 1.54) is 4.80 Å². The molecular weight excluding hydrogens is 230 g/mol. The molecule has 5 nitrogen and oxygen atoms in total. The van der Waals surface area contributed by atoms with E-state index in [0.717, 1.165) is 30.5 Å². The minimum absolute atomic E-state index is 0.671. The summed E-state index contributed by atoms with van der Waals surface area (Å²) < 4.78 is 0. The predicted molar refractivity (Wildman–Crippen MR) is 64.5 cm³/mol. The summed E-state index contributed by atoms with van der Waals surface area (Å²) in [7, 11) is 0. The first kappa shape index (κ1) is 11.0. The van der Waals surface area contributed by atoms with Gasteiger partial charge in [-0.25, -0.2) is 0 Å². The maximum Gasteiger partial charge on any atom is 0.314 e. The fraction of sp³-hybridized carbons (Fsp3) is 0.308. The number of hydrogen-bond acceptors (Lipinski definition) is 3. The number of carboxylic acid groups (broad SMARTS) is 1. The van der Waals surface area contributed by atoms with Gasteiger partial charge in [-0.3, -0.25) is 4.79 Å². The lowest BCUT2D eigenvalue weighted by Crippen LogP contribution is -2.42. The Balaban J connectivity index is 1.94. The topological polar surface area (TPSA) is 68.0 Å². The lowest BCUT2D eigenvalue weighted by atomic mass is 9.64. The van der Waals surface area contributed by atoms with Crippen LogP contribution in [-0.2, 0) is 10.2 Å². The van der Waals surface area contributed by atoms with Gasteiger partial charge in [0.1, 0.15) is 0 Å². The highest BCUT2D eigenvalue weighted by atomic mass is 16.4. The van der Waals surface area contributed by atoms with Crippen molar-refractivity contribution in [3.05, 3.63) is 42.2 Å². The quantitative estimate of drug-likeness (QED) is 0.892. The van der Waals surface area contributed by atoms with Gasteiger partial charge in [0.2, 0.25) is 0 Å². The van der Waals surface area contributed by atoms with Gasteiger partial charge in [-0.15, -0.1) is 0 Å². The highest BCUT2D eigenvalue weighted by Gasteiger charge is 2.45. The number of aliphatic carboxylic acids is 1. The SMILES string of the molecule is O=C(O)C1(c2ccc(-n3nccn3)cc2)CCC1. The van der Waals surface area contributed by atoms with E-state index in [1.54, 1.807) is 12.4 Å². The third-order valence-corrected chi connectivity index (χ3v) is 3.69. The molecule has 0 atom stereocenters. The molecule has 0 amide bonds. The van der Waals surface area contributed by atoms with Crippen LogP contribution in [0.25, 0.3) is 5.69 Å². The molecule has 1 aliphatic carbocycles. The van der Waals surface area contributed by atoms with Gasteiger partial charge in [0.05, 0.1) is 23.5 Å². The van der Waals surface area contributed by atoms with E-state index in [4.69, 9.17) is 0 Å². The first-order chi connectivity index (χ1) is 8.72. The Morgan fingerprint density at radius 1 is 1.17 bits per heavy atom. The number of carboxylic acids is 1. The fourth-order valence-electron chi connectivity index (χ4n) is 2.42. The number of rotatable bonds is 3. The van der Waals surface area contributed by atoms with Crippen LogP contribution in [-0.4, -0.2) is 26.1 Å². The van der Waals surface area contributed by atoms with Gasteiger partial charge in [0.15, 0.2) is 0 Å². The van der Waals surface area contributed by atoms with Crippen molar-refractivity contribution in [3.63, 3.8) is 0 Å². The summed E-state index contributed by atoms with van der Waals surface area (Å²) >= 11 is 0. The van der Waals surface area contributed by atoms with E-state index in [2.05, 4.69) is 10.2 Å². The molecule has 18 heavy (non-hydrogen) atoms. The Morgan fingerprint density at radius 2 is 1.78 bits per heavy atom. The van der Waals surface area contributed by atoms with E-state index in [9.17, 15) is 9.90 Å². The minimum atomic E-state index is -0.723. The Morgan fingerprint density at radius 3 is 2.22 bits per heavy atom. The van der Waals surface area contributed by atoms with Gasteiger partial charge in [0.25, 0.3) is 0 Å². The van der Waals surface area contributed by atoms with Crippen molar-refractivity contribution >= 4 is 5.97 Å². The molecule has 1 heterocycles. The summed E-state index contributed by atoms with van der Waals surface area (Å²) in [6.07, 6.45) is 5.65. The molecule has 0 aliphatic heterocycles. The third-order valence-electron chi connectivity index (χ3n) is 3.69. The Bertz CT molecular complexity index is 556. The third kappa shape index (κ3) is 1.51. The van der Waals surface area contributed by atoms with Crippen molar-refractivity contribution < 1.29 is 9.90 Å². The monoisotopic (exact) mass is 243 g/mol. The highest BCUT2D eigenvalue weighted by molar-refractivity contribution is 5.82. The van der Waals surface area contributed by atoms with Gasteiger partial charge in [-0.2, -0.15) is 15.0 Å². The zero-order chi connectivity index (χ0) is 12.6. The van der Waals surface area contributed by atoms with Crippen LogP contribution in [0, 0.1) is 0 Å². The number of aromatic nitrogens is 3. The maximum atomic E-state index is 11.4. The molecule has 1 aromatic carbocycles. The van der Waals surface area contributed by atoms with Crippen LogP contribution in [0.5, 0.6) is 0 Å². The van der Waals surface area contributed by atoms with Crippen LogP contribution in [0.1, 0.15) is 24.8 Å². The van der Waals surface area contributed by atoms with Gasteiger partial charge < -0.3 is 5.11 Å². The molecule has 0 unspecified atom stereocenters. The summed E-state index contributed by atoms with van der Waals surface area (Å²) in [6.45, 7) is 0. The molecule has 1 fully saturated rings. The highest BCUT2D eigenvalue weighted by Crippen LogP contribution is 2.44. The van der Waals surface area contributed by atoms with Crippen LogP contribution in [0.3, 0.4) is 0 Å². The molecule has 0 saturated heterocycles. The lowest BCUT2D eigenvalue weighted by molar-refractivity contribution is -0.147. The first-order valence-corrected chi connectivity index (χ1v) is 5.93. The normalized spacial score (nSPS) is 17.1. The van der Waals surface area contributed by atoms with Crippen LogP contribution in [0.15, 0.2) is 36.7 Å². The van der Waals surface area contributed by atoms with Gasteiger partial charge >= 0.3 is 5.97 Å². The Labute approximate surface area is 104 Å². The number of hydrogen-bond donors (Lipinski definition) is 1. The molecule has 2 aromatic rings. The fourth-order valence-corrected chi connectivity index (χ4v) is 2.42. The largest absolute Gasteiger partial charge is 0.481 e. The van der Waals surface area contributed by atoms with Gasteiger partial charge in [0, 0.05) is 0 Å². The van der Waals surface area contributed by atoms with E-state index in [0.29, 0.717) is 0 Å². The minimum Gasteiger partial charge on any atom is -0.481 e. The van der Waals surface area contributed by atoms with E-state index >= 15 is 0 Å². The molecule has 0 spiro atoms. The summed E-state index contributed by atoms with van der Waals surface area (Å²) in [4.78, 5) is 12.9. The number of carbonyl (C=O) groups is 1. The van der Waals surface area contributed by atoms with Crippen LogP contribution in [0.4, 0.5) is 0 Å². The molecular formula is C13H13N3O2. The molecule has 3 rings (SSSR count). The average Bonchev–Trinajstić information content (AvgIpc) is 2.81. The van der Waals surface area contributed by atoms with Crippen LogP contribution in [0.2, 0.25) is 0 Å². The smallest absolute Gasteiger partial charge is 0.314 e.